The molecular weight excluding hydrogens is 442 g/mol. The molecule has 0 amide bonds. The molecule has 0 heterocycles. The molecule has 0 rings (SSSR count). The van der Waals surface area contributed by atoms with Crippen LogP contribution in [-0.2, 0) is 50.2 Å². The van der Waals surface area contributed by atoms with E-state index in [2.05, 4.69) is 0 Å². The van der Waals surface area contributed by atoms with Crippen LogP contribution in [0.4, 0.5) is 0 Å². The van der Waals surface area contributed by atoms with Gasteiger partial charge in [0.1, 0.15) is 0 Å². The zero-order valence-electron chi connectivity index (χ0n) is 3.09. The summed E-state index contributed by atoms with van der Waals surface area (Å²) in [5.74, 6) is 0. The van der Waals surface area contributed by atoms with Crippen molar-refractivity contribution >= 4 is 0 Å². The van der Waals surface area contributed by atoms with Gasteiger partial charge in [0.2, 0.25) is 0 Å². The first kappa shape index (κ1) is 268. The maximum atomic E-state index is 0. The van der Waals surface area contributed by atoms with Crippen LogP contribution in [0, 0.1) is 0 Å². The van der Waals surface area contributed by atoms with Gasteiger partial charge in [-0.15, -0.1) is 0 Å². The Morgan fingerprint density at radius 2 is 0.429 bits per heavy atom. The summed E-state index contributed by atoms with van der Waals surface area (Å²) in [7, 11) is 0. The smallest absolute Gasteiger partial charge is 0 e. The van der Waals surface area contributed by atoms with E-state index >= 15 is 0 Å². The van der Waals surface area contributed by atoms with E-state index in [1.807, 2.05) is 0 Å². The van der Waals surface area contributed by atoms with Crippen LogP contribution < -0.4 is 0 Å². The average Bonchev–Trinajstić information content (AvgIpc) is 0. The second-order valence-electron chi connectivity index (χ2n) is 0. The first-order valence-corrected chi connectivity index (χ1v) is 0. The van der Waals surface area contributed by atoms with Gasteiger partial charge >= 0.3 is 0 Å². The fourth-order valence-corrected chi connectivity index (χ4v) is 0. The Balaban J connectivity index is 0. The average molecular weight is 446 g/mol. The number of hydrogen-bond donors (Lipinski definition) is 0. The van der Waals surface area contributed by atoms with Crippen LogP contribution in [0.2, 0.25) is 0 Å². The van der Waals surface area contributed by atoms with Crippen LogP contribution in [-0.4, -0.2) is 21.9 Å². The Kier molecular flexibility index (Phi) is 6700. The fraction of sp³-hybridized carbons (Fsp3) is 0. The van der Waals surface area contributed by atoms with Crippen molar-refractivity contribution in [2.45, 2.75) is 0 Å². The van der Waals surface area contributed by atoms with E-state index in [0.29, 0.717) is 0 Å². The minimum absolute atomic E-state index is 0. The van der Waals surface area contributed by atoms with E-state index in [9.17, 15) is 0 Å². The topological polar surface area (TPSA) is 148 Å². The van der Waals surface area contributed by atoms with Gasteiger partial charge < -0.3 is 27.4 Å². The zero-order valence-corrected chi connectivity index (χ0v) is 9.52. The van der Waals surface area contributed by atoms with E-state index in [1.165, 1.54) is 0 Å². The van der Waals surface area contributed by atoms with Gasteiger partial charge in [0, 0.05) is 44.8 Å². The van der Waals surface area contributed by atoms with Gasteiger partial charge in [0.05, 0.1) is 0 Å². The first-order valence-electron chi connectivity index (χ1n) is 0. The molecular formula is H4O5Ta2-6. The van der Waals surface area contributed by atoms with Crippen molar-refractivity contribution in [1.29, 1.82) is 0 Å². The summed E-state index contributed by atoms with van der Waals surface area (Å²) in [6, 6.07) is 0. The summed E-state index contributed by atoms with van der Waals surface area (Å²) in [5, 5.41) is 0. The Bertz CT molecular complexity index is 6.04. The third-order valence-corrected chi connectivity index (χ3v) is 0. The van der Waals surface area contributed by atoms with Crippen molar-refractivity contribution in [3.05, 3.63) is 0 Å². The monoisotopic (exact) mass is 446 g/mol. The Morgan fingerprint density at radius 3 is 0.429 bits per heavy atom. The first-order chi connectivity index (χ1) is 0. The van der Waals surface area contributed by atoms with E-state index in [-0.39, 0.29) is 72.1 Å². The molecule has 5 nitrogen and oxygen atoms in total. The second-order valence-corrected chi connectivity index (χ2v) is 0. The minimum atomic E-state index is 0. The van der Waals surface area contributed by atoms with Crippen molar-refractivity contribution in [2.24, 2.45) is 0 Å². The molecule has 0 bridgehead atoms. The van der Waals surface area contributed by atoms with Gasteiger partial charge in [0.25, 0.3) is 0 Å². The summed E-state index contributed by atoms with van der Waals surface area (Å²) >= 11 is 0. The van der Waals surface area contributed by atoms with Crippen molar-refractivity contribution in [2.75, 3.05) is 0 Å². The van der Waals surface area contributed by atoms with Crippen LogP contribution in [0.3, 0.4) is 0 Å². The summed E-state index contributed by atoms with van der Waals surface area (Å²) in [6.07, 6.45) is 0. The molecule has 0 aromatic carbocycles. The van der Waals surface area contributed by atoms with E-state index in [1.54, 1.807) is 0 Å². The normalized spacial score (nSPS) is 0. The van der Waals surface area contributed by atoms with Crippen molar-refractivity contribution in [1.82, 2.24) is 0 Å². The molecule has 0 spiro atoms. The molecule has 0 aliphatic carbocycles. The molecule has 0 saturated heterocycles. The SMILES string of the molecule is [O-2].[OH-].[OH-].[OH-].[OH-].[Ta].[Ta]. The molecule has 7 heteroatoms. The Morgan fingerprint density at radius 1 is 0.429 bits per heavy atom. The van der Waals surface area contributed by atoms with Crippen LogP contribution in [0.25, 0.3) is 0 Å². The zero-order chi connectivity index (χ0) is 0. The molecule has 7 heavy (non-hydrogen) atoms. The molecule has 0 atom stereocenters. The van der Waals surface area contributed by atoms with Gasteiger partial charge in [-0.05, 0) is 0 Å². The predicted octanol–water partition coefficient (Wildman–Crippen LogP) is -0.831. The number of rotatable bonds is 0. The molecule has 0 aromatic rings. The molecule has 0 fully saturated rings. The third kappa shape index (κ3) is 124. The molecule has 0 aromatic heterocycles. The van der Waals surface area contributed by atoms with Crippen LogP contribution in [0.15, 0.2) is 0 Å². The maximum Gasteiger partial charge on any atom is 0 e. The number of hydrogen-bond acceptors (Lipinski definition) is 4. The Labute approximate surface area is 72.0 Å². The minimum Gasteiger partial charge on any atom is -2.00 e. The summed E-state index contributed by atoms with van der Waals surface area (Å²) < 4.78 is 0. The standard InChI is InChI=1S/4H2O.O.2Ta/h4*1H2;;;/q;;;;-2;;/p-4. The van der Waals surface area contributed by atoms with E-state index in [4.69, 9.17) is 0 Å². The predicted molar refractivity (Wildman–Crippen MR) is 8.43 cm³/mol. The summed E-state index contributed by atoms with van der Waals surface area (Å²) in [6.45, 7) is 0. The second kappa shape index (κ2) is 175. The molecule has 0 aliphatic heterocycles. The van der Waals surface area contributed by atoms with Gasteiger partial charge in [-0.3, -0.25) is 0 Å². The summed E-state index contributed by atoms with van der Waals surface area (Å²) in [5.41, 5.74) is 0. The molecule has 4 N–H and O–H groups in total. The van der Waals surface area contributed by atoms with E-state index in [0.717, 1.165) is 0 Å². The molecule has 0 aliphatic rings. The van der Waals surface area contributed by atoms with Crippen LogP contribution in [0.5, 0.6) is 0 Å². The van der Waals surface area contributed by atoms with Crippen LogP contribution >= 0.6 is 0 Å². The largest absolute Gasteiger partial charge is 2.00 e. The van der Waals surface area contributed by atoms with Gasteiger partial charge in [-0.25, -0.2) is 0 Å². The maximum absolute atomic E-state index is 0. The molecule has 0 saturated carbocycles. The Hall–Kier alpha value is 1.28. The molecule has 50 valence electrons. The van der Waals surface area contributed by atoms with Gasteiger partial charge in [0.15, 0.2) is 0 Å². The van der Waals surface area contributed by atoms with E-state index < -0.39 is 0 Å². The summed E-state index contributed by atoms with van der Waals surface area (Å²) in [4.78, 5) is 0. The van der Waals surface area contributed by atoms with Crippen molar-refractivity contribution in [3.63, 3.8) is 0 Å². The van der Waals surface area contributed by atoms with Crippen LogP contribution in [0.1, 0.15) is 0 Å². The van der Waals surface area contributed by atoms with Gasteiger partial charge in [-0.2, -0.15) is 0 Å². The van der Waals surface area contributed by atoms with Crippen molar-refractivity contribution in [3.8, 4) is 0 Å². The fourth-order valence-electron chi connectivity index (χ4n) is 0. The third-order valence-electron chi connectivity index (χ3n) is 0. The quantitative estimate of drug-likeness (QED) is 0.478. The molecule has 2 radical (unpaired) electrons. The molecule has 0 unspecified atom stereocenters. The van der Waals surface area contributed by atoms with Gasteiger partial charge in [-0.1, -0.05) is 0 Å². The van der Waals surface area contributed by atoms with Crippen molar-refractivity contribution < 1.29 is 72.1 Å².